The highest BCUT2D eigenvalue weighted by atomic mass is 32.2. The maximum atomic E-state index is 11.8. The molecule has 0 aromatic carbocycles. The molecule has 0 amide bonds. The van der Waals surface area contributed by atoms with Gasteiger partial charge in [-0.15, -0.1) is 0 Å². The van der Waals surface area contributed by atoms with Gasteiger partial charge in [0, 0.05) is 32.7 Å². The van der Waals surface area contributed by atoms with E-state index < -0.39 is 21.7 Å². The molecule has 1 heterocycles. The van der Waals surface area contributed by atoms with E-state index in [4.69, 9.17) is 18.0 Å². The Morgan fingerprint density at radius 2 is 1.89 bits per heavy atom. The van der Waals surface area contributed by atoms with E-state index >= 15 is 0 Å². The van der Waals surface area contributed by atoms with E-state index in [9.17, 15) is 13.2 Å². The second-order valence-electron chi connectivity index (χ2n) is 3.97. The molecule has 0 spiro atoms. The number of rotatable bonds is 5. The van der Waals surface area contributed by atoms with Gasteiger partial charge in [-0.1, -0.05) is 12.2 Å². The van der Waals surface area contributed by atoms with Gasteiger partial charge in [-0.3, -0.25) is 9.69 Å². The van der Waals surface area contributed by atoms with Crippen LogP contribution in [0, 0.1) is 0 Å². The molecule has 1 saturated heterocycles. The van der Waals surface area contributed by atoms with Crippen LogP contribution >= 0.6 is 12.2 Å². The van der Waals surface area contributed by atoms with Crippen molar-refractivity contribution in [3.8, 4) is 0 Å². The maximum Gasteiger partial charge on any atom is 0.322 e. The third kappa shape index (κ3) is 4.48. The second kappa shape index (κ2) is 6.41. The summed E-state index contributed by atoms with van der Waals surface area (Å²) in [5.41, 5.74) is 5.42. The van der Waals surface area contributed by atoms with Gasteiger partial charge >= 0.3 is 5.97 Å². The lowest BCUT2D eigenvalue weighted by Crippen LogP contribution is -2.51. The average molecular weight is 295 g/mol. The third-order valence-corrected chi connectivity index (χ3v) is 4.51. The summed E-state index contributed by atoms with van der Waals surface area (Å²) in [6.07, 6.45) is 0. The van der Waals surface area contributed by atoms with E-state index in [1.54, 1.807) is 0 Å². The van der Waals surface area contributed by atoms with Crippen molar-refractivity contribution in [2.24, 2.45) is 5.73 Å². The zero-order chi connectivity index (χ0) is 13.8. The Hall–Kier alpha value is -0.770. The highest BCUT2D eigenvalue weighted by Crippen LogP contribution is 2.08. The number of nitrogens with two attached hydrogens (primary N) is 1. The molecule has 0 aromatic rings. The number of esters is 1. The van der Waals surface area contributed by atoms with Crippen LogP contribution in [0.15, 0.2) is 0 Å². The number of sulfonamides is 1. The minimum atomic E-state index is -3.58. The molecule has 18 heavy (non-hydrogen) atoms. The van der Waals surface area contributed by atoms with Gasteiger partial charge in [0.1, 0.15) is 0 Å². The Balaban J connectivity index is 2.51. The number of carbonyl (C=O) groups excluding carboxylic acids is 1. The molecule has 1 aliphatic rings. The van der Waals surface area contributed by atoms with Crippen LogP contribution in [0.25, 0.3) is 0 Å². The van der Waals surface area contributed by atoms with Crippen molar-refractivity contribution in [3.05, 3.63) is 0 Å². The highest BCUT2D eigenvalue weighted by molar-refractivity contribution is 7.89. The number of carbonyl (C=O) groups is 1. The number of ether oxygens (including phenoxy) is 1. The van der Waals surface area contributed by atoms with Crippen LogP contribution in [0.5, 0.6) is 0 Å². The van der Waals surface area contributed by atoms with Crippen molar-refractivity contribution in [1.82, 2.24) is 9.21 Å². The van der Waals surface area contributed by atoms with E-state index in [-0.39, 0.29) is 0 Å². The van der Waals surface area contributed by atoms with Gasteiger partial charge in [-0.2, -0.15) is 4.31 Å². The topological polar surface area (TPSA) is 92.9 Å². The van der Waals surface area contributed by atoms with Gasteiger partial charge in [0.2, 0.25) is 10.0 Å². The number of nitrogens with zero attached hydrogens (tertiary/aromatic N) is 2. The predicted molar refractivity (Wildman–Crippen MR) is 70.6 cm³/mol. The summed E-state index contributed by atoms with van der Waals surface area (Å²) < 4.78 is 29.3. The highest BCUT2D eigenvalue weighted by Gasteiger charge is 2.29. The van der Waals surface area contributed by atoms with Gasteiger partial charge in [0.25, 0.3) is 0 Å². The first-order valence-corrected chi connectivity index (χ1v) is 7.42. The summed E-state index contributed by atoms with van der Waals surface area (Å²) in [6.45, 7) is 2.26. The quantitative estimate of drug-likeness (QED) is 0.482. The number of hydrogen-bond acceptors (Lipinski definition) is 6. The van der Waals surface area contributed by atoms with E-state index in [0.717, 1.165) is 7.11 Å². The van der Waals surface area contributed by atoms with E-state index in [1.807, 2.05) is 4.90 Å². The van der Waals surface area contributed by atoms with Crippen LogP contribution in [0.1, 0.15) is 0 Å². The van der Waals surface area contributed by atoms with Gasteiger partial charge in [0.05, 0.1) is 12.1 Å². The van der Waals surface area contributed by atoms with Gasteiger partial charge in [-0.25, -0.2) is 8.42 Å². The molecule has 0 aliphatic carbocycles. The molecule has 9 heteroatoms. The molecule has 0 saturated carbocycles. The first-order chi connectivity index (χ1) is 8.35. The molecule has 0 radical (unpaired) electrons. The largest absolute Gasteiger partial charge is 0.468 e. The van der Waals surface area contributed by atoms with Crippen LogP contribution in [0.3, 0.4) is 0 Å². The fourth-order valence-corrected chi connectivity index (χ4v) is 3.19. The summed E-state index contributed by atoms with van der Waals surface area (Å²) in [6, 6.07) is 0. The third-order valence-electron chi connectivity index (χ3n) is 2.63. The SMILES string of the molecule is COC(=O)CS(=O)(=O)N1CCN(CC(N)=S)CC1. The molecule has 1 fully saturated rings. The Bertz CT molecular complexity index is 416. The Morgan fingerprint density at radius 1 is 1.33 bits per heavy atom. The van der Waals surface area contributed by atoms with Gasteiger partial charge in [0.15, 0.2) is 5.75 Å². The lowest BCUT2D eigenvalue weighted by Gasteiger charge is -2.33. The fraction of sp³-hybridized carbons (Fsp3) is 0.778. The molecule has 0 aromatic heterocycles. The monoisotopic (exact) mass is 295 g/mol. The van der Waals surface area contributed by atoms with Crippen LogP contribution in [-0.2, 0) is 19.6 Å². The lowest BCUT2D eigenvalue weighted by molar-refractivity contribution is -0.137. The van der Waals surface area contributed by atoms with Crippen molar-refractivity contribution in [2.75, 3.05) is 45.6 Å². The minimum Gasteiger partial charge on any atom is -0.468 e. The van der Waals surface area contributed by atoms with Crippen LogP contribution in [0.4, 0.5) is 0 Å². The van der Waals surface area contributed by atoms with Crippen molar-refractivity contribution in [2.45, 2.75) is 0 Å². The number of piperazine rings is 1. The smallest absolute Gasteiger partial charge is 0.322 e. The van der Waals surface area contributed by atoms with E-state index in [1.165, 1.54) is 4.31 Å². The molecule has 0 atom stereocenters. The van der Waals surface area contributed by atoms with Crippen LogP contribution in [-0.4, -0.2) is 74.2 Å². The minimum absolute atomic E-state index is 0.335. The summed E-state index contributed by atoms with van der Waals surface area (Å²) in [5, 5.41) is 0. The van der Waals surface area contributed by atoms with Crippen molar-refractivity contribution < 1.29 is 17.9 Å². The maximum absolute atomic E-state index is 11.8. The molecule has 2 N–H and O–H groups in total. The molecule has 0 bridgehead atoms. The standard InChI is InChI=1S/C9H17N3O4S2/c1-16-9(13)7-18(14,15)12-4-2-11(3-5-12)6-8(10)17/h2-7H2,1H3,(H2,10,17). The second-order valence-corrected chi connectivity index (χ2v) is 6.47. The Kier molecular flexibility index (Phi) is 5.45. The van der Waals surface area contributed by atoms with Crippen LogP contribution < -0.4 is 5.73 Å². The van der Waals surface area contributed by atoms with Crippen LogP contribution in [0.2, 0.25) is 0 Å². The molecule has 104 valence electrons. The molecular formula is C9H17N3O4S2. The lowest BCUT2D eigenvalue weighted by atomic mass is 10.3. The first-order valence-electron chi connectivity index (χ1n) is 5.40. The number of methoxy groups -OCH3 is 1. The predicted octanol–water partition coefficient (Wildman–Crippen LogP) is -1.61. The Morgan fingerprint density at radius 3 is 2.33 bits per heavy atom. The Labute approximate surface area is 112 Å². The first kappa shape index (κ1) is 15.3. The van der Waals surface area contributed by atoms with Gasteiger partial charge in [-0.05, 0) is 0 Å². The number of hydrogen-bond donors (Lipinski definition) is 1. The number of thiocarbonyl (C=S) groups is 1. The van der Waals surface area contributed by atoms with E-state index in [2.05, 4.69) is 4.74 Å². The molecule has 7 nitrogen and oxygen atoms in total. The normalized spacial score (nSPS) is 18.5. The molecule has 1 rings (SSSR count). The zero-order valence-electron chi connectivity index (χ0n) is 10.2. The summed E-state index contributed by atoms with van der Waals surface area (Å²) >= 11 is 4.80. The average Bonchev–Trinajstić information content (AvgIpc) is 2.28. The van der Waals surface area contributed by atoms with Crippen molar-refractivity contribution >= 4 is 33.2 Å². The summed E-state index contributed by atoms with van der Waals surface area (Å²) in [5.74, 6) is -1.36. The summed E-state index contributed by atoms with van der Waals surface area (Å²) in [4.78, 5) is 13.4. The fourth-order valence-electron chi connectivity index (χ4n) is 1.69. The van der Waals surface area contributed by atoms with Gasteiger partial charge < -0.3 is 10.5 Å². The molecular weight excluding hydrogens is 278 g/mol. The van der Waals surface area contributed by atoms with Crippen molar-refractivity contribution in [3.63, 3.8) is 0 Å². The summed E-state index contributed by atoms with van der Waals surface area (Å²) in [7, 11) is -2.41. The zero-order valence-corrected chi connectivity index (χ0v) is 11.8. The van der Waals surface area contributed by atoms with E-state index in [0.29, 0.717) is 37.7 Å². The molecule has 0 unspecified atom stereocenters. The van der Waals surface area contributed by atoms with Crippen molar-refractivity contribution in [1.29, 1.82) is 0 Å². The molecule has 1 aliphatic heterocycles.